The summed E-state index contributed by atoms with van der Waals surface area (Å²) in [5, 5.41) is 0.498. The lowest BCUT2D eigenvalue weighted by Gasteiger charge is -2.41. The SMILES string of the molecule is COc1ccccc1C(Cn1c(=O)n(C(C)(C)C)c(=O)c2c(C)c(-c3ncco3)sc21)O[C@H]1CC(C)C(C)(C)C1(C)C. The summed E-state index contributed by atoms with van der Waals surface area (Å²) in [7, 11) is 1.65. The van der Waals surface area contributed by atoms with Crippen LogP contribution in [0.1, 0.15) is 79.0 Å². The minimum absolute atomic E-state index is 0.0509. The molecule has 1 aromatic carbocycles. The third-order valence-corrected chi connectivity index (χ3v) is 11.2. The van der Waals surface area contributed by atoms with Crippen LogP contribution in [0, 0.1) is 23.7 Å². The predicted octanol–water partition coefficient (Wildman–Crippen LogP) is 7.17. The molecule has 0 spiro atoms. The normalized spacial score (nSPS) is 20.7. The number of hydrogen-bond donors (Lipinski definition) is 0. The van der Waals surface area contributed by atoms with Gasteiger partial charge in [-0.15, -0.1) is 11.3 Å². The Balaban J connectivity index is 1.74. The molecule has 226 valence electrons. The van der Waals surface area contributed by atoms with Gasteiger partial charge in [-0.25, -0.2) is 9.78 Å². The number of methoxy groups -OCH3 is 1. The van der Waals surface area contributed by atoms with E-state index < -0.39 is 11.6 Å². The molecule has 0 aliphatic heterocycles. The number of benzene rings is 1. The largest absolute Gasteiger partial charge is 0.496 e. The molecule has 0 radical (unpaired) electrons. The van der Waals surface area contributed by atoms with Gasteiger partial charge in [0.2, 0.25) is 5.89 Å². The van der Waals surface area contributed by atoms with E-state index in [0.29, 0.717) is 27.8 Å². The van der Waals surface area contributed by atoms with Crippen LogP contribution in [-0.4, -0.2) is 27.3 Å². The first-order valence-electron chi connectivity index (χ1n) is 14.6. The van der Waals surface area contributed by atoms with E-state index in [1.807, 2.05) is 52.0 Å². The number of ether oxygens (including phenoxy) is 2. The molecule has 8 nitrogen and oxygen atoms in total. The van der Waals surface area contributed by atoms with Crippen molar-refractivity contribution >= 4 is 21.6 Å². The number of fused-ring (bicyclic) bond motifs is 1. The predicted molar refractivity (Wildman–Crippen MR) is 168 cm³/mol. The van der Waals surface area contributed by atoms with Crippen molar-refractivity contribution in [1.82, 2.24) is 14.1 Å². The lowest BCUT2D eigenvalue weighted by molar-refractivity contribution is -0.0869. The fourth-order valence-electron chi connectivity index (χ4n) is 6.34. The first-order chi connectivity index (χ1) is 19.6. The average Bonchev–Trinajstić information content (AvgIpc) is 3.59. The van der Waals surface area contributed by atoms with Crippen molar-refractivity contribution in [1.29, 1.82) is 0 Å². The van der Waals surface area contributed by atoms with E-state index in [0.717, 1.165) is 22.4 Å². The van der Waals surface area contributed by atoms with Crippen LogP contribution >= 0.6 is 11.3 Å². The summed E-state index contributed by atoms with van der Waals surface area (Å²) < 4.78 is 21.6. The Morgan fingerprint density at radius 1 is 1.14 bits per heavy atom. The zero-order chi connectivity index (χ0) is 30.8. The fraction of sp³-hybridized carbons (Fsp3) is 0.545. The topological polar surface area (TPSA) is 88.5 Å². The van der Waals surface area contributed by atoms with Gasteiger partial charge in [-0.2, -0.15) is 0 Å². The lowest BCUT2D eigenvalue weighted by atomic mass is 9.67. The first kappa shape index (κ1) is 30.3. The zero-order valence-corrected chi connectivity index (χ0v) is 27.2. The van der Waals surface area contributed by atoms with E-state index in [9.17, 15) is 9.59 Å². The van der Waals surface area contributed by atoms with Crippen LogP contribution in [0.3, 0.4) is 0 Å². The van der Waals surface area contributed by atoms with Gasteiger partial charge in [-0.05, 0) is 62.5 Å². The number of nitrogens with zero attached hydrogens (tertiary/aromatic N) is 3. The van der Waals surface area contributed by atoms with Gasteiger partial charge >= 0.3 is 5.69 Å². The molecule has 0 N–H and O–H groups in total. The summed E-state index contributed by atoms with van der Waals surface area (Å²) in [6, 6.07) is 7.81. The number of rotatable bonds is 7. The highest BCUT2D eigenvalue weighted by atomic mass is 32.1. The quantitative estimate of drug-likeness (QED) is 0.226. The second kappa shape index (κ2) is 10.5. The Kier molecular flexibility index (Phi) is 7.59. The molecule has 42 heavy (non-hydrogen) atoms. The summed E-state index contributed by atoms with van der Waals surface area (Å²) in [5.41, 5.74) is 0.127. The molecule has 1 aliphatic rings. The molecule has 4 aromatic rings. The molecule has 3 heterocycles. The second-order valence-electron chi connectivity index (χ2n) is 13.7. The van der Waals surface area contributed by atoms with Crippen LogP contribution in [0.4, 0.5) is 0 Å². The lowest BCUT2D eigenvalue weighted by Crippen LogP contribution is -2.48. The van der Waals surface area contributed by atoms with Crippen molar-refractivity contribution in [2.45, 2.75) is 93.0 Å². The standard InChI is InChI=1S/C33H43N3O5S/c1-19-17-24(33(8,9)32(19,6)7)41-23(21-13-11-12-14-22(21)39-10)18-35-29-25(28(37)36(30(35)38)31(3,4)5)20(2)26(42-29)27-34-15-16-40-27/h11-16,19,23-24H,17-18H2,1-10H3/t19?,23?,24-/m0/s1. The van der Waals surface area contributed by atoms with Gasteiger partial charge in [0.1, 0.15) is 22.9 Å². The number of oxazole rings is 1. The second-order valence-corrected chi connectivity index (χ2v) is 14.7. The van der Waals surface area contributed by atoms with Crippen LogP contribution in [0.5, 0.6) is 5.75 Å². The zero-order valence-electron chi connectivity index (χ0n) is 26.4. The van der Waals surface area contributed by atoms with Crippen molar-refractivity contribution in [3.63, 3.8) is 0 Å². The number of para-hydroxylation sites is 1. The van der Waals surface area contributed by atoms with Crippen LogP contribution < -0.4 is 16.0 Å². The summed E-state index contributed by atoms with van der Waals surface area (Å²) >= 11 is 1.35. The van der Waals surface area contributed by atoms with Gasteiger partial charge in [-0.1, -0.05) is 52.8 Å². The van der Waals surface area contributed by atoms with Crippen LogP contribution in [0.15, 0.2) is 50.7 Å². The van der Waals surface area contributed by atoms with Crippen molar-refractivity contribution in [3.05, 3.63) is 68.7 Å². The average molecular weight is 594 g/mol. The van der Waals surface area contributed by atoms with Gasteiger partial charge in [0.05, 0.1) is 36.2 Å². The first-order valence-corrected chi connectivity index (χ1v) is 15.4. The van der Waals surface area contributed by atoms with Gasteiger partial charge in [-0.3, -0.25) is 13.9 Å². The van der Waals surface area contributed by atoms with E-state index in [4.69, 9.17) is 13.9 Å². The van der Waals surface area contributed by atoms with E-state index in [-0.39, 0.29) is 34.7 Å². The Labute approximate surface area is 251 Å². The molecule has 0 bridgehead atoms. The third kappa shape index (κ3) is 4.74. The maximum Gasteiger partial charge on any atom is 0.332 e. The summed E-state index contributed by atoms with van der Waals surface area (Å²) in [4.78, 5) is 33.9. The Bertz CT molecular complexity index is 1720. The van der Waals surface area contributed by atoms with Crippen LogP contribution in [0.2, 0.25) is 0 Å². The van der Waals surface area contributed by atoms with Crippen LogP contribution in [-0.2, 0) is 16.8 Å². The highest BCUT2D eigenvalue weighted by molar-refractivity contribution is 7.22. The van der Waals surface area contributed by atoms with E-state index in [2.05, 4.69) is 39.6 Å². The maximum atomic E-state index is 14.3. The number of aromatic nitrogens is 3. The molecule has 5 rings (SSSR count). The molecule has 1 saturated carbocycles. The molecule has 9 heteroatoms. The minimum atomic E-state index is -0.741. The van der Waals surface area contributed by atoms with E-state index in [1.165, 1.54) is 22.2 Å². The highest BCUT2D eigenvalue weighted by Gasteiger charge is 2.54. The molecule has 0 saturated heterocycles. The Morgan fingerprint density at radius 3 is 2.40 bits per heavy atom. The van der Waals surface area contributed by atoms with E-state index in [1.54, 1.807) is 17.9 Å². The monoisotopic (exact) mass is 593 g/mol. The maximum absolute atomic E-state index is 14.3. The highest BCUT2D eigenvalue weighted by Crippen LogP contribution is 2.57. The third-order valence-electron chi connectivity index (χ3n) is 9.94. The molecule has 3 atom stereocenters. The Morgan fingerprint density at radius 2 is 1.83 bits per heavy atom. The summed E-state index contributed by atoms with van der Waals surface area (Å²) in [6.07, 6.45) is 3.44. The van der Waals surface area contributed by atoms with Crippen molar-refractivity contribution in [3.8, 4) is 16.5 Å². The molecular formula is C33H43N3O5S. The van der Waals surface area contributed by atoms with Crippen molar-refractivity contribution in [2.24, 2.45) is 16.7 Å². The van der Waals surface area contributed by atoms with Gasteiger partial charge in [0.15, 0.2) is 0 Å². The van der Waals surface area contributed by atoms with Crippen molar-refractivity contribution < 1.29 is 13.9 Å². The van der Waals surface area contributed by atoms with Gasteiger partial charge in [0, 0.05) is 11.1 Å². The molecular weight excluding hydrogens is 550 g/mol. The fourth-order valence-corrected chi connectivity index (χ4v) is 7.58. The number of thiophene rings is 1. The smallest absolute Gasteiger partial charge is 0.332 e. The number of aryl methyl sites for hydroxylation is 1. The van der Waals surface area contributed by atoms with Gasteiger partial charge < -0.3 is 13.9 Å². The molecule has 3 aromatic heterocycles. The molecule has 2 unspecified atom stereocenters. The summed E-state index contributed by atoms with van der Waals surface area (Å²) in [5.74, 6) is 1.58. The summed E-state index contributed by atoms with van der Waals surface area (Å²) in [6.45, 7) is 19.2. The minimum Gasteiger partial charge on any atom is -0.496 e. The Hall–Kier alpha value is -3.17. The number of hydrogen-bond acceptors (Lipinski definition) is 7. The van der Waals surface area contributed by atoms with E-state index >= 15 is 0 Å². The molecule has 0 amide bonds. The van der Waals surface area contributed by atoms with Gasteiger partial charge in [0.25, 0.3) is 5.56 Å². The van der Waals surface area contributed by atoms with Crippen molar-refractivity contribution in [2.75, 3.05) is 7.11 Å². The molecule has 1 fully saturated rings. The van der Waals surface area contributed by atoms with Crippen LogP contribution in [0.25, 0.3) is 21.0 Å². The molecule has 1 aliphatic carbocycles.